The molecule has 0 saturated carbocycles. The predicted molar refractivity (Wildman–Crippen MR) is 85.4 cm³/mol. The summed E-state index contributed by atoms with van der Waals surface area (Å²) in [5.41, 5.74) is 2.10. The van der Waals surface area contributed by atoms with Crippen LogP contribution in [0.4, 0.5) is 4.79 Å². The number of ether oxygens (including phenoxy) is 1. The number of rotatable bonds is 4. The summed E-state index contributed by atoms with van der Waals surface area (Å²) in [6.07, 6.45) is 1.69. The SMILES string of the molecule is O=C(NC1CCCO1)NC(c1ccccc1)c1ccccc1. The van der Waals surface area contributed by atoms with Crippen LogP contribution in [0.25, 0.3) is 0 Å². The van der Waals surface area contributed by atoms with Crippen molar-refractivity contribution < 1.29 is 9.53 Å². The molecule has 0 bridgehead atoms. The second kappa shape index (κ2) is 7.09. The lowest BCUT2D eigenvalue weighted by molar-refractivity contribution is 0.0904. The van der Waals surface area contributed by atoms with Gasteiger partial charge in [-0.25, -0.2) is 4.79 Å². The van der Waals surface area contributed by atoms with Crippen LogP contribution in [-0.2, 0) is 4.74 Å². The number of hydrogen-bond donors (Lipinski definition) is 2. The smallest absolute Gasteiger partial charge is 0.317 e. The first-order chi connectivity index (χ1) is 10.8. The van der Waals surface area contributed by atoms with Gasteiger partial charge in [-0.15, -0.1) is 0 Å². The van der Waals surface area contributed by atoms with Crippen molar-refractivity contribution in [1.29, 1.82) is 0 Å². The summed E-state index contributed by atoms with van der Waals surface area (Å²) in [6, 6.07) is 19.5. The van der Waals surface area contributed by atoms with Gasteiger partial charge in [-0.1, -0.05) is 60.7 Å². The van der Waals surface area contributed by atoms with Gasteiger partial charge >= 0.3 is 6.03 Å². The molecular weight excluding hydrogens is 276 g/mol. The molecule has 1 aliphatic rings. The molecule has 1 fully saturated rings. The second-order valence-corrected chi connectivity index (χ2v) is 5.37. The number of carbonyl (C=O) groups is 1. The Hall–Kier alpha value is -2.33. The van der Waals surface area contributed by atoms with E-state index in [2.05, 4.69) is 10.6 Å². The minimum Gasteiger partial charge on any atom is -0.358 e. The van der Waals surface area contributed by atoms with Crippen molar-refractivity contribution in [3.05, 3.63) is 71.8 Å². The van der Waals surface area contributed by atoms with Crippen molar-refractivity contribution in [2.45, 2.75) is 25.1 Å². The van der Waals surface area contributed by atoms with Crippen LogP contribution in [0.3, 0.4) is 0 Å². The zero-order valence-electron chi connectivity index (χ0n) is 12.4. The van der Waals surface area contributed by atoms with Crippen molar-refractivity contribution >= 4 is 6.03 Å². The molecule has 0 aromatic heterocycles. The molecule has 114 valence electrons. The number of nitrogens with one attached hydrogen (secondary N) is 2. The van der Waals surface area contributed by atoms with E-state index in [1.54, 1.807) is 0 Å². The molecule has 2 N–H and O–H groups in total. The number of amides is 2. The molecule has 2 amide bonds. The Morgan fingerprint density at radius 1 is 1.00 bits per heavy atom. The summed E-state index contributed by atoms with van der Waals surface area (Å²) in [6.45, 7) is 0.714. The van der Waals surface area contributed by atoms with Gasteiger partial charge in [0.05, 0.1) is 6.04 Å². The molecule has 1 atom stereocenters. The second-order valence-electron chi connectivity index (χ2n) is 5.37. The van der Waals surface area contributed by atoms with E-state index in [4.69, 9.17) is 4.74 Å². The van der Waals surface area contributed by atoms with E-state index in [1.807, 2.05) is 60.7 Å². The van der Waals surface area contributed by atoms with Crippen LogP contribution in [0, 0.1) is 0 Å². The molecule has 4 nitrogen and oxygen atoms in total. The number of benzene rings is 2. The molecule has 0 spiro atoms. The monoisotopic (exact) mass is 296 g/mol. The third-order valence-electron chi connectivity index (χ3n) is 3.76. The molecule has 0 radical (unpaired) electrons. The number of hydrogen-bond acceptors (Lipinski definition) is 2. The summed E-state index contributed by atoms with van der Waals surface area (Å²) in [7, 11) is 0. The molecule has 3 rings (SSSR count). The fraction of sp³-hybridized carbons (Fsp3) is 0.278. The lowest BCUT2D eigenvalue weighted by Gasteiger charge is -2.21. The summed E-state index contributed by atoms with van der Waals surface area (Å²) in [5, 5.41) is 5.92. The Bertz CT molecular complexity index is 555. The van der Waals surface area contributed by atoms with E-state index in [0.29, 0.717) is 6.61 Å². The van der Waals surface area contributed by atoms with Crippen LogP contribution in [0.1, 0.15) is 30.0 Å². The quantitative estimate of drug-likeness (QED) is 0.910. The summed E-state index contributed by atoms with van der Waals surface area (Å²) in [5.74, 6) is 0. The van der Waals surface area contributed by atoms with Gasteiger partial charge in [0.25, 0.3) is 0 Å². The van der Waals surface area contributed by atoms with Gasteiger partial charge in [-0.2, -0.15) is 0 Å². The van der Waals surface area contributed by atoms with Gasteiger partial charge in [0, 0.05) is 6.61 Å². The average Bonchev–Trinajstić information content (AvgIpc) is 3.07. The van der Waals surface area contributed by atoms with E-state index >= 15 is 0 Å². The van der Waals surface area contributed by atoms with Gasteiger partial charge in [0.2, 0.25) is 0 Å². The molecule has 4 heteroatoms. The largest absolute Gasteiger partial charge is 0.358 e. The third-order valence-corrected chi connectivity index (χ3v) is 3.76. The van der Waals surface area contributed by atoms with Gasteiger partial charge in [0.15, 0.2) is 0 Å². The highest BCUT2D eigenvalue weighted by Gasteiger charge is 2.21. The first-order valence-electron chi connectivity index (χ1n) is 7.61. The normalized spacial score (nSPS) is 17.4. The minimum atomic E-state index is -0.204. The highest BCUT2D eigenvalue weighted by Crippen LogP contribution is 2.21. The van der Waals surface area contributed by atoms with E-state index in [1.165, 1.54) is 0 Å². The Morgan fingerprint density at radius 2 is 1.59 bits per heavy atom. The maximum atomic E-state index is 12.3. The molecule has 1 saturated heterocycles. The first-order valence-corrected chi connectivity index (χ1v) is 7.61. The van der Waals surface area contributed by atoms with Crippen LogP contribution in [0.5, 0.6) is 0 Å². The molecule has 1 aliphatic heterocycles. The lowest BCUT2D eigenvalue weighted by atomic mass is 9.99. The molecular formula is C18H20N2O2. The predicted octanol–water partition coefficient (Wildman–Crippen LogP) is 3.21. The van der Waals surface area contributed by atoms with Crippen molar-refractivity contribution in [1.82, 2.24) is 10.6 Å². The lowest BCUT2D eigenvalue weighted by Crippen LogP contribution is -2.43. The minimum absolute atomic E-state index is 0.174. The third kappa shape index (κ3) is 3.65. The van der Waals surface area contributed by atoms with Crippen molar-refractivity contribution in [2.24, 2.45) is 0 Å². The Kier molecular flexibility index (Phi) is 4.71. The first kappa shape index (κ1) is 14.6. The molecule has 0 aliphatic carbocycles. The van der Waals surface area contributed by atoms with Crippen molar-refractivity contribution in [3.63, 3.8) is 0 Å². The standard InChI is InChI=1S/C18H20N2O2/c21-18(19-16-12-7-13-22-16)20-17(14-8-3-1-4-9-14)15-10-5-2-6-11-15/h1-6,8-11,16-17H,7,12-13H2,(H2,19,20,21). The molecule has 1 unspecified atom stereocenters. The van der Waals surface area contributed by atoms with Crippen LogP contribution in [0.2, 0.25) is 0 Å². The topological polar surface area (TPSA) is 50.4 Å². The Balaban J connectivity index is 1.75. The van der Waals surface area contributed by atoms with Gasteiger partial charge < -0.3 is 15.4 Å². The van der Waals surface area contributed by atoms with Crippen LogP contribution in [-0.4, -0.2) is 18.9 Å². The van der Waals surface area contributed by atoms with Crippen LogP contribution in [0.15, 0.2) is 60.7 Å². The fourth-order valence-corrected chi connectivity index (χ4v) is 2.66. The van der Waals surface area contributed by atoms with E-state index in [9.17, 15) is 4.79 Å². The highest BCUT2D eigenvalue weighted by molar-refractivity contribution is 5.75. The maximum absolute atomic E-state index is 12.3. The molecule has 22 heavy (non-hydrogen) atoms. The highest BCUT2D eigenvalue weighted by atomic mass is 16.5. The zero-order chi connectivity index (χ0) is 15.2. The molecule has 2 aromatic carbocycles. The van der Waals surface area contributed by atoms with Crippen molar-refractivity contribution in [3.8, 4) is 0 Å². The van der Waals surface area contributed by atoms with Crippen LogP contribution >= 0.6 is 0 Å². The number of urea groups is 1. The maximum Gasteiger partial charge on any atom is 0.317 e. The number of carbonyl (C=O) groups excluding carboxylic acids is 1. The average molecular weight is 296 g/mol. The molecule has 1 heterocycles. The van der Waals surface area contributed by atoms with Gasteiger partial charge in [-0.05, 0) is 24.0 Å². The van der Waals surface area contributed by atoms with Gasteiger partial charge in [-0.3, -0.25) is 0 Å². The molecule has 2 aromatic rings. The summed E-state index contributed by atoms with van der Waals surface area (Å²) < 4.78 is 5.44. The van der Waals surface area contributed by atoms with E-state index in [-0.39, 0.29) is 18.3 Å². The fourth-order valence-electron chi connectivity index (χ4n) is 2.66. The van der Waals surface area contributed by atoms with Crippen molar-refractivity contribution in [2.75, 3.05) is 6.61 Å². The van der Waals surface area contributed by atoms with E-state index in [0.717, 1.165) is 24.0 Å². The van der Waals surface area contributed by atoms with E-state index < -0.39 is 0 Å². The Labute approximate surface area is 130 Å². The van der Waals surface area contributed by atoms with Gasteiger partial charge in [0.1, 0.15) is 6.23 Å². The zero-order valence-corrected chi connectivity index (χ0v) is 12.4. The van der Waals surface area contributed by atoms with Crippen LogP contribution < -0.4 is 10.6 Å². The Morgan fingerprint density at radius 3 is 2.09 bits per heavy atom. The summed E-state index contributed by atoms with van der Waals surface area (Å²) in [4.78, 5) is 12.3. The summed E-state index contributed by atoms with van der Waals surface area (Å²) >= 11 is 0.